The molecule has 6 nitrogen and oxygen atoms in total. The second kappa shape index (κ2) is 5.36. The van der Waals surface area contributed by atoms with E-state index in [1.54, 1.807) is 4.90 Å². The van der Waals surface area contributed by atoms with E-state index in [0.29, 0.717) is 6.54 Å². The van der Waals surface area contributed by atoms with Crippen LogP contribution in [0.2, 0.25) is 0 Å². The average Bonchev–Trinajstić information content (AvgIpc) is 2.09. The third-order valence-electron chi connectivity index (χ3n) is 3.30. The molecule has 2 rings (SSSR count). The Hall–Kier alpha value is -1.30. The molecule has 1 amide bonds. The summed E-state index contributed by atoms with van der Waals surface area (Å²) >= 11 is 0. The Morgan fingerprint density at radius 2 is 2.00 bits per heavy atom. The predicted octanol–water partition coefficient (Wildman–Crippen LogP) is 0.901. The quantitative estimate of drug-likeness (QED) is 0.772. The van der Waals surface area contributed by atoms with E-state index < -0.39 is 5.60 Å². The number of nitrogens with one attached hydrogen (secondary N) is 1. The van der Waals surface area contributed by atoms with Crippen LogP contribution in [0.25, 0.3) is 0 Å². The van der Waals surface area contributed by atoms with E-state index in [4.69, 9.17) is 9.47 Å². The van der Waals surface area contributed by atoms with Crippen LogP contribution < -0.4 is 5.32 Å². The molecule has 0 aromatic carbocycles. The van der Waals surface area contributed by atoms with Gasteiger partial charge in [-0.2, -0.15) is 0 Å². The Morgan fingerprint density at radius 3 is 2.42 bits per heavy atom. The Bertz CT molecular complexity index is 360. The van der Waals surface area contributed by atoms with Crippen LogP contribution in [0.5, 0.6) is 0 Å². The third-order valence-corrected chi connectivity index (χ3v) is 3.30. The molecule has 0 saturated carbocycles. The lowest BCUT2D eigenvalue weighted by Gasteiger charge is -2.41. The average molecular weight is 270 g/mol. The lowest BCUT2D eigenvalue weighted by molar-refractivity contribution is -0.151. The molecule has 0 aromatic heterocycles. The van der Waals surface area contributed by atoms with Crippen molar-refractivity contribution in [3.63, 3.8) is 0 Å². The molecule has 1 N–H and O–H groups in total. The Balaban J connectivity index is 1.72. The summed E-state index contributed by atoms with van der Waals surface area (Å²) in [6.45, 7) is 7.30. The number of likely N-dealkylation sites (tertiary alicyclic amines) is 1. The van der Waals surface area contributed by atoms with E-state index in [1.165, 1.54) is 0 Å². The van der Waals surface area contributed by atoms with Crippen LogP contribution in [-0.2, 0) is 14.3 Å². The van der Waals surface area contributed by atoms with Crippen molar-refractivity contribution in [2.45, 2.75) is 51.3 Å². The molecule has 0 bridgehead atoms. The molecule has 2 heterocycles. The van der Waals surface area contributed by atoms with Gasteiger partial charge in [0.25, 0.3) is 0 Å². The summed E-state index contributed by atoms with van der Waals surface area (Å²) in [7, 11) is 0. The maximum Gasteiger partial charge on any atom is 0.410 e. The van der Waals surface area contributed by atoms with Crippen molar-refractivity contribution < 1.29 is 19.1 Å². The molecule has 0 aromatic rings. The summed E-state index contributed by atoms with van der Waals surface area (Å²) < 4.78 is 10.5. The first-order chi connectivity index (χ1) is 8.87. The standard InChI is InChI=1S/C13H22N2O4/c1-13(2,3)19-12(17)15-7-5-9(15)8-18-11(16)10-4-6-14-10/h9-10,14H,4-8H2,1-3H3/t9-,10?/m0/s1. The highest BCUT2D eigenvalue weighted by molar-refractivity contribution is 5.77. The number of ether oxygens (including phenoxy) is 2. The molecule has 19 heavy (non-hydrogen) atoms. The van der Waals surface area contributed by atoms with Crippen molar-refractivity contribution in [3.05, 3.63) is 0 Å². The lowest BCUT2D eigenvalue weighted by atomic mass is 10.0. The molecular weight excluding hydrogens is 248 g/mol. The molecule has 2 atom stereocenters. The fourth-order valence-electron chi connectivity index (χ4n) is 1.94. The van der Waals surface area contributed by atoms with Gasteiger partial charge in [-0.25, -0.2) is 4.79 Å². The van der Waals surface area contributed by atoms with Crippen LogP contribution in [0, 0.1) is 0 Å². The number of esters is 1. The summed E-state index contributed by atoms with van der Waals surface area (Å²) in [5.74, 6) is -0.220. The van der Waals surface area contributed by atoms with Gasteiger partial charge in [-0.05, 0) is 40.2 Å². The van der Waals surface area contributed by atoms with Crippen molar-refractivity contribution in [1.29, 1.82) is 0 Å². The van der Waals surface area contributed by atoms with Gasteiger partial charge in [0.15, 0.2) is 0 Å². The van der Waals surface area contributed by atoms with E-state index in [0.717, 1.165) is 19.4 Å². The van der Waals surface area contributed by atoms with E-state index in [9.17, 15) is 9.59 Å². The Kier molecular flexibility index (Phi) is 3.99. The van der Waals surface area contributed by atoms with Crippen LogP contribution >= 0.6 is 0 Å². The van der Waals surface area contributed by atoms with Crippen molar-refractivity contribution in [2.24, 2.45) is 0 Å². The summed E-state index contributed by atoms with van der Waals surface area (Å²) in [5, 5.41) is 2.99. The van der Waals surface area contributed by atoms with Gasteiger partial charge in [0.1, 0.15) is 18.2 Å². The first-order valence-corrected chi connectivity index (χ1v) is 6.76. The zero-order valence-electron chi connectivity index (χ0n) is 11.8. The molecule has 2 aliphatic heterocycles. The van der Waals surface area contributed by atoms with Gasteiger partial charge in [-0.1, -0.05) is 0 Å². The number of carbonyl (C=O) groups is 2. The van der Waals surface area contributed by atoms with Crippen LogP contribution in [0.15, 0.2) is 0 Å². The number of nitrogens with zero attached hydrogens (tertiary/aromatic N) is 1. The van der Waals surface area contributed by atoms with E-state index in [-0.39, 0.29) is 30.8 Å². The Labute approximate surface area is 113 Å². The summed E-state index contributed by atoms with van der Waals surface area (Å²) in [6, 6.07) is -0.200. The topological polar surface area (TPSA) is 67.9 Å². The molecule has 0 radical (unpaired) electrons. The molecule has 108 valence electrons. The van der Waals surface area contributed by atoms with E-state index in [2.05, 4.69) is 5.32 Å². The maximum absolute atomic E-state index is 11.8. The third kappa shape index (κ3) is 3.59. The molecule has 6 heteroatoms. The number of amides is 1. The minimum Gasteiger partial charge on any atom is -0.462 e. The smallest absolute Gasteiger partial charge is 0.410 e. The summed E-state index contributed by atoms with van der Waals surface area (Å²) in [6.07, 6.45) is 1.35. The fraction of sp³-hybridized carbons (Fsp3) is 0.846. The first-order valence-electron chi connectivity index (χ1n) is 6.76. The predicted molar refractivity (Wildman–Crippen MR) is 68.7 cm³/mol. The molecule has 0 aliphatic carbocycles. The van der Waals surface area contributed by atoms with Gasteiger partial charge >= 0.3 is 12.1 Å². The van der Waals surface area contributed by atoms with Gasteiger partial charge in [0.2, 0.25) is 0 Å². The second-order valence-electron chi connectivity index (χ2n) is 6.04. The maximum atomic E-state index is 11.8. The number of carbonyl (C=O) groups excluding carboxylic acids is 2. The molecule has 2 fully saturated rings. The van der Waals surface area contributed by atoms with Crippen LogP contribution in [0.3, 0.4) is 0 Å². The van der Waals surface area contributed by atoms with E-state index in [1.807, 2.05) is 20.8 Å². The van der Waals surface area contributed by atoms with Gasteiger partial charge in [0.05, 0.1) is 6.04 Å². The Morgan fingerprint density at radius 1 is 1.32 bits per heavy atom. The van der Waals surface area contributed by atoms with Gasteiger partial charge in [-0.15, -0.1) is 0 Å². The highest BCUT2D eigenvalue weighted by Crippen LogP contribution is 2.21. The number of rotatable bonds is 3. The first kappa shape index (κ1) is 14.1. The van der Waals surface area contributed by atoms with Crippen LogP contribution in [0.4, 0.5) is 4.79 Å². The lowest BCUT2D eigenvalue weighted by Crippen LogP contribution is -2.56. The molecule has 2 aliphatic rings. The van der Waals surface area contributed by atoms with Crippen molar-refractivity contribution in [2.75, 3.05) is 19.7 Å². The molecular formula is C13H22N2O4. The van der Waals surface area contributed by atoms with Gasteiger partial charge < -0.3 is 19.7 Å². The molecule has 1 unspecified atom stereocenters. The summed E-state index contributed by atoms with van der Waals surface area (Å²) in [4.78, 5) is 25.0. The van der Waals surface area contributed by atoms with Crippen LogP contribution in [-0.4, -0.2) is 54.3 Å². The van der Waals surface area contributed by atoms with E-state index >= 15 is 0 Å². The second-order valence-corrected chi connectivity index (χ2v) is 6.04. The highest BCUT2D eigenvalue weighted by atomic mass is 16.6. The normalized spacial score (nSPS) is 26.2. The minimum atomic E-state index is -0.496. The van der Waals surface area contributed by atoms with Gasteiger partial charge in [0, 0.05) is 6.54 Å². The molecule has 2 saturated heterocycles. The highest BCUT2D eigenvalue weighted by Gasteiger charge is 2.36. The van der Waals surface area contributed by atoms with Crippen molar-refractivity contribution in [1.82, 2.24) is 10.2 Å². The zero-order chi connectivity index (χ0) is 14.0. The van der Waals surface area contributed by atoms with Gasteiger partial charge in [-0.3, -0.25) is 4.79 Å². The van der Waals surface area contributed by atoms with Crippen molar-refractivity contribution in [3.8, 4) is 0 Å². The fourth-order valence-corrected chi connectivity index (χ4v) is 1.94. The number of hydrogen-bond acceptors (Lipinski definition) is 5. The SMILES string of the molecule is CC(C)(C)OC(=O)N1CC[C@H]1COC(=O)C1CCN1. The number of hydrogen-bond donors (Lipinski definition) is 1. The van der Waals surface area contributed by atoms with Crippen LogP contribution in [0.1, 0.15) is 33.6 Å². The zero-order valence-corrected chi connectivity index (χ0v) is 11.8. The van der Waals surface area contributed by atoms with Crippen molar-refractivity contribution >= 4 is 12.1 Å². The monoisotopic (exact) mass is 270 g/mol. The minimum absolute atomic E-state index is 0.0427. The summed E-state index contributed by atoms with van der Waals surface area (Å²) in [5.41, 5.74) is -0.496. The molecule has 0 spiro atoms. The largest absolute Gasteiger partial charge is 0.462 e.